The van der Waals surface area contributed by atoms with E-state index in [9.17, 15) is 27.2 Å². The van der Waals surface area contributed by atoms with Crippen molar-refractivity contribution in [3.63, 3.8) is 0 Å². The van der Waals surface area contributed by atoms with E-state index in [-0.39, 0.29) is 64.3 Å². The average Bonchev–Trinajstić information content (AvgIpc) is 3.58. The molecule has 2 aromatic heterocycles. The van der Waals surface area contributed by atoms with E-state index in [0.29, 0.717) is 17.8 Å². The smallest absolute Gasteiger partial charge is 0.417 e. The molecule has 48 heavy (non-hydrogen) atoms. The molecule has 0 aliphatic carbocycles. The minimum atomic E-state index is -5.05. The number of piperazine rings is 1. The van der Waals surface area contributed by atoms with Crippen LogP contribution in [-0.2, 0) is 6.18 Å². The predicted octanol–water partition coefficient (Wildman–Crippen LogP) is 6.67. The summed E-state index contributed by atoms with van der Waals surface area (Å²) in [6, 6.07) is 6.60. The van der Waals surface area contributed by atoms with Gasteiger partial charge in [-0.2, -0.15) is 28.4 Å². The molecule has 254 valence electrons. The molecule has 3 N–H and O–H groups in total. The zero-order valence-electron chi connectivity index (χ0n) is 28.7. The lowest BCUT2D eigenvalue weighted by atomic mass is 9.73. The number of benzene rings is 2. The predicted molar refractivity (Wildman–Crippen MR) is 172 cm³/mol. The van der Waals surface area contributed by atoms with Crippen molar-refractivity contribution < 1.29 is 35.2 Å². The third-order valence-electron chi connectivity index (χ3n) is 9.83. The third kappa shape index (κ3) is 5.57. The Morgan fingerprint density at radius 3 is 2.65 bits per heavy atom. The van der Waals surface area contributed by atoms with Gasteiger partial charge in [0.1, 0.15) is 22.4 Å². The van der Waals surface area contributed by atoms with Gasteiger partial charge >= 0.3 is 12.2 Å². The summed E-state index contributed by atoms with van der Waals surface area (Å²) in [6.07, 6.45) is -6.32. The maximum absolute atomic E-state index is 17.1. The molecular formula is C33H33F6N7OS. The number of hydrogen-bond donors (Lipinski definition) is 2. The summed E-state index contributed by atoms with van der Waals surface area (Å²) in [5.41, 5.74) is 1.71. The summed E-state index contributed by atoms with van der Waals surface area (Å²) in [5, 5.41) is 13.2. The monoisotopic (exact) mass is 692 g/mol. The van der Waals surface area contributed by atoms with Crippen LogP contribution in [0.3, 0.4) is 0 Å². The van der Waals surface area contributed by atoms with Crippen molar-refractivity contribution in [1.29, 1.82) is 5.26 Å². The lowest BCUT2D eigenvalue weighted by Crippen LogP contribution is -2.51. The molecule has 4 aromatic rings. The van der Waals surface area contributed by atoms with Crippen LogP contribution in [0.25, 0.3) is 32.1 Å². The molecule has 2 bridgehead atoms. The van der Waals surface area contributed by atoms with Gasteiger partial charge in [0, 0.05) is 68.2 Å². The quantitative estimate of drug-likeness (QED) is 0.216. The van der Waals surface area contributed by atoms with Gasteiger partial charge in [0.15, 0.2) is 5.82 Å². The number of alkyl halides is 5. The number of fused-ring (bicyclic) bond motifs is 4. The van der Waals surface area contributed by atoms with Crippen LogP contribution < -0.4 is 20.7 Å². The number of likely N-dealkylation sites (tertiary alicyclic amines) is 1. The van der Waals surface area contributed by atoms with Crippen molar-refractivity contribution in [2.24, 2.45) is 11.3 Å². The van der Waals surface area contributed by atoms with Crippen molar-refractivity contribution in [2.75, 3.05) is 50.4 Å². The second-order valence-corrected chi connectivity index (χ2v) is 14.2. The van der Waals surface area contributed by atoms with E-state index in [1.165, 1.54) is 19.1 Å². The fraction of sp³-hybridized carbons (Fsp3) is 0.485. The maximum Gasteiger partial charge on any atom is 0.417 e. The highest BCUT2D eigenvalue weighted by atomic mass is 32.1. The van der Waals surface area contributed by atoms with E-state index in [2.05, 4.69) is 15.3 Å². The van der Waals surface area contributed by atoms with Gasteiger partial charge in [-0.3, -0.25) is 0 Å². The number of aromatic nitrogens is 2. The summed E-state index contributed by atoms with van der Waals surface area (Å²) in [4.78, 5) is 11.6. The first kappa shape index (κ1) is 29.1. The van der Waals surface area contributed by atoms with Crippen LogP contribution in [0.2, 0.25) is 0 Å². The highest BCUT2D eigenvalue weighted by Gasteiger charge is 2.45. The van der Waals surface area contributed by atoms with Crippen LogP contribution in [0.15, 0.2) is 24.3 Å². The summed E-state index contributed by atoms with van der Waals surface area (Å²) >= 11 is 0.990. The van der Waals surface area contributed by atoms with Gasteiger partial charge < -0.3 is 25.6 Å². The summed E-state index contributed by atoms with van der Waals surface area (Å²) in [6.45, 7) is -1.17. The molecule has 0 unspecified atom stereocenters. The number of rotatable bonds is 6. The molecule has 5 heterocycles. The lowest BCUT2D eigenvalue weighted by Gasteiger charge is -2.44. The second-order valence-electron chi connectivity index (χ2n) is 13.1. The Kier molecular flexibility index (Phi) is 7.22. The number of piperidine rings is 1. The van der Waals surface area contributed by atoms with Crippen molar-refractivity contribution in [2.45, 2.75) is 50.9 Å². The fourth-order valence-corrected chi connectivity index (χ4v) is 8.47. The Balaban J connectivity index is 1.41. The molecular weight excluding hydrogens is 656 g/mol. The summed E-state index contributed by atoms with van der Waals surface area (Å²) in [7, 11) is 0. The molecule has 3 fully saturated rings. The second kappa shape index (κ2) is 11.9. The number of nitrogen functional groups attached to an aromatic ring is 1. The highest BCUT2D eigenvalue weighted by molar-refractivity contribution is 7.23. The zero-order valence-corrected chi connectivity index (χ0v) is 26.5. The topological polar surface area (TPSA) is 103 Å². The first-order valence-electron chi connectivity index (χ1n) is 17.0. The first-order valence-corrected chi connectivity index (χ1v) is 16.3. The minimum absolute atomic E-state index is 0.00853. The molecule has 0 amide bonds. The molecule has 7 rings (SSSR count). The third-order valence-corrected chi connectivity index (χ3v) is 10.8. The van der Waals surface area contributed by atoms with Gasteiger partial charge in [0.25, 0.3) is 0 Å². The van der Waals surface area contributed by atoms with Gasteiger partial charge in [-0.05, 0) is 50.5 Å². The number of thiophene rings is 1. The first-order chi connectivity index (χ1) is 24.0. The van der Waals surface area contributed by atoms with Crippen LogP contribution in [0.5, 0.6) is 6.01 Å². The molecule has 0 spiro atoms. The summed E-state index contributed by atoms with van der Waals surface area (Å²) < 4.78 is 120. The van der Waals surface area contributed by atoms with E-state index >= 15 is 4.39 Å². The van der Waals surface area contributed by atoms with Crippen molar-refractivity contribution in [1.82, 2.24) is 20.2 Å². The van der Waals surface area contributed by atoms with Crippen molar-refractivity contribution >= 4 is 43.1 Å². The number of anilines is 2. The Labute approximate surface area is 280 Å². The number of ether oxygens (including phenoxy) is 1. The van der Waals surface area contributed by atoms with E-state index in [0.717, 1.165) is 35.1 Å². The van der Waals surface area contributed by atoms with Gasteiger partial charge in [-0.25, -0.2) is 13.2 Å². The molecule has 3 aliphatic heterocycles. The van der Waals surface area contributed by atoms with E-state index in [1.807, 2.05) is 6.07 Å². The Bertz CT molecular complexity index is 2040. The number of nitriles is 1. The molecule has 15 heteroatoms. The minimum Gasteiger partial charge on any atom is -0.463 e. The van der Waals surface area contributed by atoms with E-state index < -0.39 is 66.0 Å². The van der Waals surface area contributed by atoms with E-state index in [4.69, 9.17) is 14.6 Å². The Morgan fingerprint density at radius 1 is 1.23 bits per heavy atom. The molecule has 0 radical (unpaired) electrons. The average molecular weight is 693 g/mol. The van der Waals surface area contributed by atoms with Crippen molar-refractivity contribution in [3.05, 3.63) is 41.2 Å². The number of nitrogens with two attached hydrogens (primary N) is 1. The molecule has 8 nitrogen and oxygen atoms in total. The van der Waals surface area contributed by atoms with Gasteiger partial charge in [0.05, 0.1) is 17.7 Å². The zero-order chi connectivity index (χ0) is 36.6. The summed E-state index contributed by atoms with van der Waals surface area (Å²) in [5.74, 6) is -2.59. The van der Waals surface area contributed by atoms with Crippen LogP contribution in [0.1, 0.15) is 41.4 Å². The van der Waals surface area contributed by atoms with Gasteiger partial charge in [0.2, 0.25) is 6.43 Å². The SMILES string of the molecule is [2H]C([2H])([2H])N1CC[C@H](C(F)F)[C@](C)(COc2nc(N3C[C@H]4CC[C@@H](C3)N4)c3cc(C(F)(F)F)c(-c4cccc5sc(N)c(C#N)c45)c(F)c3n2)C1. The maximum atomic E-state index is 17.1. The van der Waals surface area contributed by atoms with Crippen LogP contribution >= 0.6 is 11.3 Å². The molecule has 4 atom stereocenters. The lowest BCUT2D eigenvalue weighted by molar-refractivity contribution is -0.137. The molecule has 0 saturated carbocycles. The Morgan fingerprint density at radius 2 is 1.98 bits per heavy atom. The highest BCUT2D eigenvalue weighted by Crippen LogP contribution is 2.48. The molecule has 2 aromatic carbocycles. The van der Waals surface area contributed by atoms with Crippen LogP contribution in [0.4, 0.5) is 37.2 Å². The van der Waals surface area contributed by atoms with E-state index in [1.54, 1.807) is 11.0 Å². The standard InChI is InChI=1S/C33H33F6N7OS/c1-32(14-45(2)9-8-21(32)28(35)36)15-47-31-43-27-19(30(44-31)46-12-16-6-7-17(13-46)42-16)10-22(33(37,38)39)25(26(27)34)18-4-3-5-23-24(18)20(11-40)29(41)48-23/h3-5,10,16-17,21,28,42H,6-9,12-15,41H2,1-2H3/t16-,17+,21-,32+/m1/s1/i2D3. The van der Waals surface area contributed by atoms with Gasteiger partial charge in [-0.15, -0.1) is 11.3 Å². The largest absolute Gasteiger partial charge is 0.463 e. The van der Waals surface area contributed by atoms with Gasteiger partial charge in [-0.1, -0.05) is 19.1 Å². The molecule has 3 aliphatic rings. The number of nitrogens with one attached hydrogen (secondary N) is 1. The van der Waals surface area contributed by atoms with Crippen LogP contribution in [-0.4, -0.2) is 73.1 Å². The number of hydrogen-bond acceptors (Lipinski definition) is 9. The molecule has 3 saturated heterocycles. The van der Waals surface area contributed by atoms with Crippen molar-refractivity contribution in [3.8, 4) is 23.2 Å². The van der Waals surface area contributed by atoms with Crippen LogP contribution in [0, 0.1) is 28.5 Å². The normalized spacial score (nSPS) is 26.1. The number of halogens is 6. The Hall–Kier alpha value is -3.87. The number of nitrogens with zero attached hydrogens (tertiary/aromatic N) is 5. The fourth-order valence-electron chi connectivity index (χ4n) is 7.53.